The van der Waals surface area contributed by atoms with E-state index in [0.29, 0.717) is 16.1 Å². The SMILES string of the molecule is N#Cc1ccc(Cl)cc1C#CCC(N)=O. The van der Waals surface area contributed by atoms with E-state index in [9.17, 15) is 4.79 Å². The zero-order valence-electron chi connectivity index (χ0n) is 7.75. The van der Waals surface area contributed by atoms with E-state index in [-0.39, 0.29) is 6.42 Å². The first-order valence-corrected chi connectivity index (χ1v) is 4.48. The fourth-order valence-corrected chi connectivity index (χ4v) is 1.12. The molecule has 0 saturated carbocycles. The molecule has 15 heavy (non-hydrogen) atoms. The van der Waals surface area contributed by atoms with E-state index in [2.05, 4.69) is 11.8 Å². The van der Waals surface area contributed by atoms with Gasteiger partial charge in [0.2, 0.25) is 5.91 Å². The molecular formula is C11H7ClN2O. The second kappa shape index (κ2) is 5.05. The zero-order chi connectivity index (χ0) is 11.3. The number of halogens is 1. The molecule has 0 atom stereocenters. The Bertz CT molecular complexity index is 492. The third-order valence-electron chi connectivity index (χ3n) is 1.59. The number of nitrogens with zero attached hydrogens (tertiary/aromatic N) is 1. The highest BCUT2D eigenvalue weighted by molar-refractivity contribution is 6.30. The summed E-state index contributed by atoms with van der Waals surface area (Å²) in [7, 11) is 0. The van der Waals surface area contributed by atoms with Gasteiger partial charge in [-0.25, -0.2) is 0 Å². The van der Waals surface area contributed by atoms with Gasteiger partial charge >= 0.3 is 0 Å². The molecule has 0 aliphatic heterocycles. The molecule has 1 aromatic carbocycles. The summed E-state index contributed by atoms with van der Waals surface area (Å²) in [6, 6.07) is 6.75. The van der Waals surface area contributed by atoms with E-state index < -0.39 is 5.91 Å². The molecule has 0 spiro atoms. The minimum Gasteiger partial charge on any atom is -0.369 e. The summed E-state index contributed by atoms with van der Waals surface area (Å²) in [5.41, 5.74) is 5.86. The Morgan fingerprint density at radius 1 is 1.47 bits per heavy atom. The maximum Gasteiger partial charge on any atom is 0.229 e. The summed E-state index contributed by atoms with van der Waals surface area (Å²) in [4.78, 5) is 10.4. The molecule has 1 amide bonds. The highest BCUT2D eigenvalue weighted by atomic mass is 35.5. The second-order valence-electron chi connectivity index (χ2n) is 2.75. The topological polar surface area (TPSA) is 66.9 Å². The minimum atomic E-state index is -0.497. The normalized spacial score (nSPS) is 8.53. The van der Waals surface area contributed by atoms with Crippen molar-refractivity contribution in [3.05, 3.63) is 34.3 Å². The molecule has 1 rings (SSSR count). The van der Waals surface area contributed by atoms with E-state index in [0.717, 1.165) is 0 Å². The summed E-state index contributed by atoms with van der Waals surface area (Å²) in [5, 5.41) is 9.26. The maximum absolute atomic E-state index is 10.4. The monoisotopic (exact) mass is 218 g/mol. The summed E-state index contributed by atoms with van der Waals surface area (Å²) in [6.07, 6.45) is -0.0304. The van der Waals surface area contributed by atoms with Gasteiger partial charge in [-0.3, -0.25) is 4.79 Å². The van der Waals surface area contributed by atoms with Crippen LogP contribution in [0.3, 0.4) is 0 Å². The van der Waals surface area contributed by atoms with Crippen LogP contribution in [0, 0.1) is 23.2 Å². The van der Waals surface area contributed by atoms with Crippen LogP contribution in [0.15, 0.2) is 18.2 Å². The van der Waals surface area contributed by atoms with Gasteiger partial charge in [0.25, 0.3) is 0 Å². The van der Waals surface area contributed by atoms with Gasteiger partial charge in [0.05, 0.1) is 12.0 Å². The van der Waals surface area contributed by atoms with Crippen molar-refractivity contribution in [1.82, 2.24) is 0 Å². The highest BCUT2D eigenvalue weighted by Gasteiger charge is 1.99. The summed E-state index contributed by atoms with van der Waals surface area (Å²) >= 11 is 5.75. The fourth-order valence-electron chi connectivity index (χ4n) is 0.944. The van der Waals surface area contributed by atoms with Crippen LogP contribution in [0.2, 0.25) is 5.02 Å². The Balaban J connectivity index is 3.01. The molecule has 1 aromatic rings. The molecule has 0 heterocycles. The second-order valence-corrected chi connectivity index (χ2v) is 3.18. The van der Waals surface area contributed by atoms with E-state index >= 15 is 0 Å². The predicted molar refractivity (Wildman–Crippen MR) is 56.9 cm³/mol. The Hall–Kier alpha value is -1.97. The Morgan fingerprint density at radius 3 is 2.80 bits per heavy atom. The van der Waals surface area contributed by atoms with E-state index in [1.165, 1.54) is 0 Å². The van der Waals surface area contributed by atoms with Crippen molar-refractivity contribution in [2.75, 3.05) is 0 Å². The number of amides is 1. The van der Waals surface area contributed by atoms with E-state index in [4.69, 9.17) is 22.6 Å². The molecule has 0 saturated heterocycles. The van der Waals surface area contributed by atoms with E-state index in [1.54, 1.807) is 18.2 Å². The lowest BCUT2D eigenvalue weighted by Gasteiger charge is -1.95. The Morgan fingerprint density at radius 2 is 2.20 bits per heavy atom. The average molecular weight is 219 g/mol. The van der Waals surface area contributed by atoms with Gasteiger partial charge in [0.1, 0.15) is 6.07 Å². The standard InChI is InChI=1S/C11H7ClN2O/c12-10-5-4-9(7-13)8(6-10)2-1-3-11(14)15/h4-6H,3H2,(H2,14,15). The first-order chi connectivity index (χ1) is 7.13. The van der Waals surface area contributed by atoms with Gasteiger partial charge in [0.15, 0.2) is 0 Å². The quantitative estimate of drug-likeness (QED) is 0.725. The number of hydrogen-bond acceptors (Lipinski definition) is 2. The number of nitriles is 1. The van der Waals surface area contributed by atoms with Gasteiger partial charge in [-0.05, 0) is 18.2 Å². The van der Waals surface area contributed by atoms with Gasteiger partial charge in [-0.1, -0.05) is 23.4 Å². The van der Waals surface area contributed by atoms with Crippen LogP contribution in [-0.2, 0) is 4.79 Å². The largest absolute Gasteiger partial charge is 0.369 e. The molecule has 4 heteroatoms. The zero-order valence-corrected chi connectivity index (χ0v) is 8.51. The molecule has 0 aromatic heterocycles. The molecule has 0 aliphatic rings. The smallest absolute Gasteiger partial charge is 0.229 e. The molecule has 0 radical (unpaired) electrons. The van der Waals surface area contributed by atoms with Crippen molar-refractivity contribution in [1.29, 1.82) is 5.26 Å². The van der Waals surface area contributed by atoms with Crippen molar-refractivity contribution in [2.45, 2.75) is 6.42 Å². The van der Waals surface area contributed by atoms with Crippen molar-refractivity contribution in [2.24, 2.45) is 5.73 Å². The third-order valence-corrected chi connectivity index (χ3v) is 1.82. The maximum atomic E-state index is 10.4. The first-order valence-electron chi connectivity index (χ1n) is 4.10. The number of benzene rings is 1. The van der Waals surface area contributed by atoms with Crippen molar-refractivity contribution < 1.29 is 4.79 Å². The average Bonchev–Trinajstić information content (AvgIpc) is 2.17. The number of carbonyl (C=O) groups is 1. The van der Waals surface area contributed by atoms with Crippen LogP contribution < -0.4 is 5.73 Å². The third kappa shape index (κ3) is 3.34. The number of nitrogens with two attached hydrogens (primary N) is 1. The van der Waals surface area contributed by atoms with Gasteiger partial charge in [-0.15, -0.1) is 0 Å². The summed E-state index contributed by atoms with van der Waals surface area (Å²) < 4.78 is 0. The lowest BCUT2D eigenvalue weighted by molar-refractivity contribution is -0.117. The van der Waals surface area contributed by atoms with Crippen LogP contribution in [0.5, 0.6) is 0 Å². The molecule has 74 valence electrons. The van der Waals surface area contributed by atoms with Crippen molar-refractivity contribution in [3.8, 4) is 17.9 Å². The van der Waals surface area contributed by atoms with Crippen molar-refractivity contribution >= 4 is 17.5 Å². The number of carbonyl (C=O) groups excluding carboxylic acids is 1. The lowest BCUT2D eigenvalue weighted by atomic mass is 10.1. The number of primary amides is 1. The Labute approximate surface area is 92.5 Å². The summed E-state index contributed by atoms with van der Waals surface area (Å²) in [6.45, 7) is 0. The molecule has 0 unspecified atom stereocenters. The van der Waals surface area contributed by atoms with Gasteiger partial charge < -0.3 is 5.73 Å². The van der Waals surface area contributed by atoms with Crippen LogP contribution >= 0.6 is 11.6 Å². The van der Waals surface area contributed by atoms with Crippen LogP contribution in [0.1, 0.15) is 17.5 Å². The Kier molecular flexibility index (Phi) is 3.74. The number of rotatable bonds is 1. The lowest BCUT2D eigenvalue weighted by Crippen LogP contribution is -2.08. The molecule has 3 nitrogen and oxygen atoms in total. The number of hydrogen-bond donors (Lipinski definition) is 1. The first kappa shape index (κ1) is 11.1. The van der Waals surface area contributed by atoms with Gasteiger partial charge in [-0.2, -0.15) is 5.26 Å². The van der Waals surface area contributed by atoms with Gasteiger partial charge in [0, 0.05) is 10.6 Å². The van der Waals surface area contributed by atoms with Crippen LogP contribution in [0.25, 0.3) is 0 Å². The fraction of sp³-hybridized carbons (Fsp3) is 0.0909. The van der Waals surface area contributed by atoms with Crippen LogP contribution in [-0.4, -0.2) is 5.91 Å². The molecular weight excluding hydrogens is 212 g/mol. The summed E-state index contributed by atoms with van der Waals surface area (Å²) in [5.74, 6) is 4.75. The molecule has 0 aliphatic carbocycles. The minimum absolute atomic E-state index is 0.0304. The van der Waals surface area contributed by atoms with E-state index in [1.807, 2.05) is 6.07 Å². The van der Waals surface area contributed by atoms with Crippen LogP contribution in [0.4, 0.5) is 0 Å². The predicted octanol–water partition coefficient (Wildman–Crippen LogP) is 1.44. The molecule has 2 N–H and O–H groups in total. The molecule has 0 bridgehead atoms. The highest BCUT2D eigenvalue weighted by Crippen LogP contribution is 2.14. The molecule has 0 fully saturated rings. The van der Waals surface area contributed by atoms with Crippen molar-refractivity contribution in [3.63, 3.8) is 0 Å².